The largest absolute Gasteiger partial charge is 0.354 e. The molecule has 160 valence electrons. The topological polar surface area (TPSA) is 91.1 Å². The molecule has 32 heavy (non-hydrogen) atoms. The van der Waals surface area contributed by atoms with Crippen molar-refractivity contribution in [3.8, 4) is 11.3 Å². The van der Waals surface area contributed by atoms with Crippen LogP contribution in [-0.2, 0) is 9.59 Å². The second-order valence-corrected chi connectivity index (χ2v) is 7.68. The molecule has 0 aliphatic carbocycles. The molecule has 0 radical (unpaired) electrons. The van der Waals surface area contributed by atoms with Gasteiger partial charge in [-0.1, -0.05) is 54.6 Å². The van der Waals surface area contributed by atoms with Crippen LogP contribution in [0.15, 0.2) is 66.7 Å². The van der Waals surface area contributed by atoms with Crippen LogP contribution in [0.3, 0.4) is 0 Å². The summed E-state index contributed by atoms with van der Waals surface area (Å²) in [7, 11) is 0. The van der Waals surface area contributed by atoms with Crippen molar-refractivity contribution in [1.29, 1.82) is 0 Å². The Hall–Kier alpha value is -4.19. The number of ketones is 1. The Morgan fingerprint density at radius 2 is 1.50 bits per heavy atom. The van der Waals surface area contributed by atoms with Gasteiger partial charge in [-0.2, -0.15) is 0 Å². The fraction of sp³-hybridized carbons (Fsp3) is 0.115. The first-order valence-electron chi connectivity index (χ1n) is 10.3. The minimum Gasteiger partial charge on any atom is -0.354 e. The van der Waals surface area contributed by atoms with Crippen LogP contribution >= 0.6 is 0 Å². The molecule has 0 aliphatic heterocycles. The van der Waals surface area contributed by atoms with Gasteiger partial charge in [-0.25, -0.2) is 0 Å². The van der Waals surface area contributed by atoms with E-state index in [1.807, 2.05) is 61.5 Å². The average Bonchev–Trinajstić information content (AvgIpc) is 3.18. The number of fused-ring (bicyclic) bond motifs is 1. The molecule has 0 spiro atoms. The van der Waals surface area contributed by atoms with E-state index in [1.165, 1.54) is 6.92 Å². The summed E-state index contributed by atoms with van der Waals surface area (Å²) >= 11 is 0. The van der Waals surface area contributed by atoms with Gasteiger partial charge < -0.3 is 15.6 Å². The smallest absolute Gasteiger partial charge is 0.296 e. The van der Waals surface area contributed by atoms with Gasteiger partial charge in [-0.15, -0.1) is 0 Å². The predicted octanol–water partition coefficient (Wildman–Crippen LogP) is 5.23. The number of amides is 2. The number of hydrogen-bond acceptors (Lipinski definition) is 3. The molecular formula is C26H23N3O3. The van der Waals surface area contributed by atoms with Crippen molar-refractivity contribution in [2.45, 2.75) is 20.8 Å². The molecule has 0 bridgehead atoms. The highest BCUT2D eigenvalue weighted by Crippen LogP contribution is 2.32. The van der Waals surface area contributed by atoms with E-state index in [2.05, 4.69) is 15.6 Å². The summed E-state index contributed by atoms with van der Waals surface area (Å²) in [6, 6.07) is 20.4. The number of carbonyl (C=O) groups excluding carboxylic acids is 3. The first-order valence-corrected chi connectivity index (χ1v) is 10.3. The summed E-state index contributed by atoms with van der Waals surface area (Å²) in [6.45, 7) is 5.09. The number of aromatic nitrogens is 1. The summed E-state index contributed by atoms with van der Waals surface area (Å²) in [4.78, 5) is 41.2. The molecule has 0 aliphatic rings. The molecule has 0 saturated heterocycles. The maximum Gasteiger partial charge on any atom is 0.296 e. The van der Waals surface area contributed by atoms with Crippen molar-refractivity contribution in [3.05, 3.63) is 83.4 Å². The lowest BCUT2D eigenvalue weighted by Gasteiger charge is -2.15. The molecule has 3 aromatic carbocycles. The lowest BCUT2D eigenvalue weighted by atomic mass is 10.0. The van der Waals surface area contributed by atoms with E-state index in [4.69, 9.17) is 0 Å². The number of anilines is 2. The SMILES string of the molecule is CC(=O)Nc1c(C)ccc(NC(=O)C(=O)c2c(-c3ccccc3)[nH]c3ccccc23)c1C. The highest BCUT2D eigenvalue weighted by molar-refractivity contribution is 6.49. The summed E-state index contributed by atoms with van der Waals surface area (Å²) < 4.78 is 0. The third-order valence-corrected chi connectivity index (χ3v) is 5.42. The van der Waals surface area contributed by atoms with E-state index in [0.29, 0.717) is 33.6 Å². The molecule has 0 atom stereocenters. The fourth-order valence-corrected chi connectivity index (χ4v) is 3.84. The minimum absolute atomic E-state index is 0.206. The summed E-state index contributed by atoms with van der Waals surface area (Å²) in [5.41, 5.74) is 5.18. The second kappa shape index (κ2) is 8.51. The molecule has 0 fully saturated rings. The fourth-order valence-electron chi connectivity index (χ4n) is 3.84. The van der Waals surface area contributed by atoms with Crippen LogP contribution in [-0.4, -0.2) is 22.6 Å². The lowest BCUT2D eigenvalue weighted by Crippen LogP contribution is -2.24. The zero-order valence-electron chi connectivity index (χ0n) is 18.1. The van der Waals surface area contributed by atoms with Gasteiger partial charge in [0.2, 0.25) is 5.91 Å². The van der Waals surface area contributed by atoms with Crippen molar-refractivity contribution in [2.75, 3.05) is 10.6 Å². The lowest BCUT2D eigenvalue weighted by molar-refractivity contribution is -0.114. The van der Waals surface area contributed by atoms with Crippen molar-refractivity contribution < 1.29 is 14.4 Å². The van der Waals surface area contributed by atoms with E-state index in [-0.39, 0.29) is 5.91 Å². The Balaban J connectivity index is 1.73. The van der Waals surface area contributed by atoms with Crippen molar-refractivity contribution in [2.24, 2.45) is 0 Å². The zero-order chi connectivity index (χ0) is 22.8. The number of aromatic amines is 1. The Kier molecular flexibility index (Phi) is 5.60. The maximum atomic E-state index is 13.4. The maximum absolute atomic E-state index is 13.4. The molecule has 1 aromatic heterocycles. The Morgan fingerprint density at radius 3 is 2.22 bits per heavy atom. The number of benzene rings is 3. The minimum atomic E-state index is -0.743. The van der Waals surface area contributed by atoms with Crippen LogP contribution in [0, 0.1) is 13.8 Å². The third-order valence-electron chi connectivity index (χ3n) is 5.42. The average molecular weight is 425 g/mol. The van der Waals surface area contributed by atoms with Gasteiger partial charge >= 0.3 is 0 Å². The standard InChI is InChI=1S/C26H23N3O3/c1-15-13-14-20(16(2)23(15)27-17(3)30)29-26(32)25(31)22-19-11-7-8-12-21(19)28-24(22)18-9-5-4-6-10-18/h4-14,28H,1-3H3,(H,27,30)(H,29,32). The molecule has 4 rings (SSSR count). The van der Waals surface area contributed by atoms with Crippen LogP contribution in [0.25, 0.3) is 22.2 Å². The molecule has 0 unspecified atom stereocenters. The van der Waals surface area contributed by atoms with Crippen molar-refractivity contribution in [1.82, 2.24) is 4.98 Å². The summed E-state index contributed by atoms with van der Waals surface area (Å²) in [6.07, 6.45) is 0. The van der Waals surface area contributed by atoms with E-state index >= 15 is 0 Å². The number of rotatable bonds is 5. The van der Waals surface area contributed by atoms with Gasteiger partial charge in [0.05, 0.1) is 11.3 Å². The van der Waals surface area contributed by atoms with Crippen molar-refractivity contribution in [3.63, 3.8) is 0 Å². The predicted molar refractivity (Wildman–Crippen MR) is 127 cm³/mol. The van der Waals surface area contributed by atoms with Crippen molar-refractivity contribution >= 4 is 39.9 Å². The molecule has 0 saturated carbocycles. The quantitative estimate of drug-likeness (QED) is 0.302. The number of carbonyl (C=O) groups is 3. The van der Waals surface area contributed by atoms with Gasteiger partial charge in [0.15, 0.2) is 0 Å². The number of para-hydroxylation sites is 1. The van der Waals surface area contributed by atoms with E-state index in [1.54, 1.807) is 19.1 Å². The zero-order valence-corrected chi connectivity index (χ0v) is 18.1. The van der Waals surface area contributed by atoms with E-state index in [0.717, 1.165) is 16.6 Å². The van der Waals surface area contributed by atoms with E-state index in [9.17, 15) is 14.4 Å². The summed E-state index contributed by atoms with van der Waals surface area (Å²) in [5, 5.41) is 6.20. The first-order chi connectivity index (χ1) is 15.4. The third kappa shape index (κ3) is 3.90. The van der Waals surface area contributed by atoms with Crippen LogP contribution < -0.4 is 10.6 Å². The highest BCUT2D eigenvalue weighted by Gasteiger charge is 2.25. The van der Waals surface area contributed by atoms with Crippen LogP contribution in [0.1, 0.15) is 28.4 Å². The van der Waals surface area contributed by atoms with Gasteiger partial charge in [-0.05, 0) is 42.7 Å². The van der Waals surface area contributed by atoms with Gasteiger partial charge in [0.1, 0.15) is 0 Å². The highest BCUT2D eigenvalue weighted by atomic mass is 16.2. The number of hydrogen-bond donors (Lipinski definition) is 3. The monoisotopic (exact) mass is 425 g/mol. The molecule has 3 N–H and O–H groups in total. The first kappa shape index (κ1) is 21.1. The summed E-state index contributed by atoms with van der Waals surface area (Å²) in [5.74, 6) is -1.59. The Labute approximate surface area is 185 Å². The molecule has 4 aromatic rings. The number of aryl methyl sites for hydroxylation is 1. The van der Waals surface area contributed by atoms with Crippen LogP contribution in [0.2, 0.25) is 0 Å². The normalized spacial score (nSPS) is 10.7. The molecule has 6 nitrogen and oxygen atoms in total. The van der Waals surface area contributed by atoms with Gasteiger partial charge in [0.25, 0.3) is 11.7 Å². The number of Topliss-reactive ketones (excluding diaryl/α,β-unsaturated/α-hetero) is 1. The number of nitrogens with one attached hydrogen (secondary N) is 3. The Bertz CT molecular complexity index is 1350. The van der Waals surface area contributed by atoms with Gasteiger partial charge in [-0.3, -0.25) is 14.4 Å². The molecule has 6 heteroatoms. The van der Waals surface area contributed by atoms with Gasteiger partial charge in [0, 0.05) is 29.2 Å². The Morgan fingerprint density at radius 1 is 0.812 bits per heavy atom. The molecular weight excluding hydrogens is 402 g/mol. The number of H-pyrrole nitrogens is 1. The second-order valence-electron chi connectivity index (χ2n) is 7.68. The van der Waals surface area contributed by atoms with E-state index < -0.39 is 11.7 Å². The molecule has 2 amide bonds. The van der Waals surface area contributed by atoms with Crippen LogP contribution in [0.4, 0.5) is 11.4 Å². The van der Waals surface area contributed by atoms with Crippen LogP contribution in [0.5, 0.6) is 0 Å². The molecule has 1 heterocycles.